The zero-order chi connectivity index (χ0) is 25.7. The van der Waals surface area contributed by atoms with E-state index in [1.807, 2.05) is 0 Å². The predicted molar refractivity (Wildman–Crippen MR) is 120 cm³/mol. The van der Waals surface area contributed by atoms with E-state index in [2.05, 4.69) is 20.1 Å². The Bertz CT molecular complexity index is 1280. The van der Waals surface area contributed by atoms with E-state index < -0.39 is 42.6 Å². The number of carbonyl (C=O) groups is 1. The number of hydrogen-bond donors (Lipinski definition) is 1. The van der Waals surface area contributed by atoms with Crippen LogP contribution >= 0.6 is 0 Å². The monoisotopic (exact) mass is 506 g/mol. The smallest absolute Gasteiger partial charge is 0.387 e. The minimum atomic E-state index is -2.98. The van der Waals surface area contributed by atoms with Gasteiger partial charge in [0.1, 0.15) is 11.6 Å². The van der Waals surface area contributed by atoms with Crippen molar-refractivity contribution in [3.05, 3.63) is 59.7 Å². The molecular formula is C25H23F5N4O2. The number of nitrogens with one attached hydrogen (secondary N) is 1. The summed E-state index contributed by atoms with van der Waals surface area (Å²) in [6.45, 7) is -1.37. The number of halogens is 5. The molecular weight excluding hydrogens is 483 g/mol. The van der Waals surface area contributed by atoms with Crippen LogP contribution in [0.2, 0.25) is 0 Å². The molecule has 2 aliphatic rings. The maximum Gasteiger partial charge on any atom is 0.387 e. The lowest BCUT2D eigenvalue weighted by molar-refractivity contribution is -0.146. The first-order valence-corrected chi connectivity index (χ1v) is 11.5. The largest absolute Gasteiger partial charge is 0.435 e. The maximum atomic E-state index is 13.5. The number of alkyl halides is 4. The van der Waals surface area contributed by atoms with Gasteiger partial charge in [-0.3, -0.25) is 4.79 Å². The average molecular weight is 506 g/mol. The third-order valence-electron chi connectivity index (χ3n) is 6.63. The summed E-state index contributed by atoms with van der Waals surface area (Å²) in [5.41, 5.74) is 1.58. The summed E-state index contributed by atoms with van der Waals surface area (Å²) in [7, 11) is 0. The standard InChI is InChI=1S/C25H23F5N4O2/c1-24(12-25(29,30)13-24)32-22(35)15-5-7-18-19(10-15)34(20-8-6-16(26)11-31-20)33-21(18)14-3-2-4-17(9-14)36-23(27)28/h2-4,6,8-9,11,15,23H,5,7,10,12-13H2,1H3,(H,32,35)/t15-/m1/s1. The number of aromatic nitrogens is 3. The maximum absolute atomic E-state index is 13.5. The Morgan fingerprint density at radius 1 is 1.22 bits per heavy atom. The molecule has 1 fully saturated rings. The lowest BCUT2D eigenvalue weighted by atomic mass is 9.74. The van der Waals surface area contributed by atoms with Crippen molar-refractivity contribution < 1.29 is 31.5 Å². The Labute approximate surface area is 203 Å². The summed E-state index contributed by atoms with van der Waals surface area (Å²) in [4.78, 5) is 17.1. The van der Waals surface area contributed by atoms with Gasteiger partial charge in [-0.05, 0) is 44.0 Å². The Hall–Kier alpha value is -3.50. The van der Waals surface area contributed by atoms with Crippen molar-refractivity contribution in [3.8, 4) is 22.8 Å². The van der Waals surface area contributed by atoms with Crippen LogP contribution < -0.4 is 10.1 Å². The Balaban J connectivity index is 1.48. The summed E-state index contributed by atoms with van der Waals surface area (Å²) in [5.74, 6) is -3.80. The van der Waals surface area contributed by atoms with Crippen LogP contribution in [-0.2, 0) is 17.6 Å². The lowest BCUT2D eigenvalue weighted by Gasteiger charge is -2.46. The molecule has 1 N–H and O–H groups in total. The molecule has 0 spiro atoms. The van der Waals surface area contributed by atoms with Crippen molar-refractivity contribution in [2.45, 2.75) is 57.1 Å². The highest BCUT2D eigenvalue weighted by Gasteiger charge is 2.54. The van der Waals surface area contributed by atoms with Crippen LogP contribution in [0.25, 0.3) is 17.1 Å². The molecule has 36 heavy (non-hydrogen) atoms. The second kappa shape index (κ2) is 8.86. The minimum Gasteiger partial charge on any atom is -0.435 e. The summed E-state index contributed by atoms with van der Waals surface area (Å²) in [5, 5.41) is 7.43. The zero-order valence-corrected chi connectivity index (χ0v) is 19.3. The van der Waals surface area contributed by atoms with E-state index in [4.69, 9.17) is 0 Å². The van der Waals surface area contributed by atoms with Crippen molar-refractivity contribution in [2.24, 2.45) is 5.92 Å². The molecule has 0 saturated heterocycles. The fourth-order valence-electron chi connectivity index (χ4n) is 5.15. The number of benzene rings is 1. The fourth-order valence-corrected chi connectivity index (χ4v) is 5.15. The molecule has 1 saturated carbocycles. The summed E-state index contributed by atoms with van der Waals surface area (Å²) in [6, 6.07) is 8.82. The molecule has 2 aliphatic carbocycles. The molecule has 1 aromatic carbocycles. The predicted octanol–water partition coefficient (Wildman–Crippen LogP) is 5.08. The molecule has 190 valence electrons. The number of nitrogens with zero attached hydrogens (tertiary/aromatic N) is 3. The Kier molecular flexibility index (Phi) is 5.96. The number of fused-ring (bicyclic) bond motifs is 1. The second-order valence-electron chi connectivity index (χ2n) is 9.63. The highest BCUT2D eigenvalue weighted by Crippen LogP contribution is 2.45. The van der Waals surface area contributed by atoms with Crippen LogP contribution in [-0.4, -0.2) is 38.7 Å². The van der Waals surface area contributed by atoms with Gasteiger partial charge in [-0.15, -0.1) is 0 Å². The van der Waals surface area contributed by atoms with Crippen molar-refractivity contribution >= 4 is 5.91 Å². The number of pyridine rings is 1. The molecule has 0 bridgehead atoms. The third-order valence-corrected chi connectivity index (χ3v) is 6.63. The molecule has 1 atom stereocenters. The van der Waals surface area contributed by atoms with Crippen LogP contribution in [0.3, 0.4) is 0 Å². The van der Waals surface area contributed by atoms with Gasteiger partial charge >= 0.3 is 6.61 Å². The van der Waals surface area contributed by atoms with Crippen molar-refractivity contribution in [2.75, 3.05) is 0 Å². The van der Waals surface area contributed by atoms with E-state index in [0.717, 1.165) is 11.8 Å². The summed E-state index contributed by atoms with van der Waals surface area (Å²) < 4.78 is 71.8. The van der Waals surface area contributed by atoms with Gasteiger partial charge in [0.05, 0.1) is 17.6 Å². The van der Waals surface area contributed by atoms with E-state index >= 15 is 0 Å². The lowest BCUT2D eigenvalue weighted by Crippen LogP contribution is -2.61. The number of hydrogen-bond acceptors (Lipinski definition) is 4. The molecule has 5 rings (SSSR count). The van der Waals surface area contributed by atoms with Gasteiger partial charge in [-0.25, -0.2) is 22.8 Å². The zero-order valence-electron chi connectivity index (χ0n) is 19.3. The number of carbonyl (C=O) groups excluding carboxylic acids is 1. The molecule has 0 radical (unpaired) electrons. The molecule has 2 aromatic heterocycles. The second-order valence-corrected chi connectivity index (χ2v) is 9.63. The molecule has 6 nitrogen and oxygen atoms in total. The van der Waals surface area contributed by atoms with Crippen LogP contribution in [0.1, 0.15) is 37.4 Å². The fraction of sp³-hybridized carbons (Fsp3) is 0.400. The van der Waals surface area contributed by atoms with Gasteiger partial charge in [-0.2, -0.15) is 13.9 Å². The van der Waals surface area contributed by atoms with Crippen LogP contribution in [0.15, 0.2) is 42.6 Å². The van der Waals surface area contributed by atoms with Crippen LogP contribution in [0.5, 0.6) is 5.75 Å². The molecule has 2 heterocycles. The van der Waals surface area contributed by atoms with Crippen molar-refractivity contribution in [1.29, 1.82) is 0 Å². The van der Waals surface area contributed by atoms with E-state index in [-0.39, 0.29) is 18.1 Å². The highest BCUT2D eigenvalue weighted by molar-refractivity contribution is 5.81. The SMILES string of the molecule is CC1(NC(=O)[C@@H]2CCc3c(-c4cccc(OC(F)F)c4)nn(-c4ccc(F)cn4)c3C2)CC(F)(F)C1. The summed E-state index contributed by atoms with van der Waals surface area (Å²) >= 11 is 0. The van der Waals surface area contributed by atoms with Crippen molar-refractivity contribution in [1.82, 2.24) is 20.1 Å². The first-order valence-electron chi connectivity index (χ1n) is 11.5. The van der Waals surface area contributed by atoms with Crippen molar-refractivity contribution in [3.63, 3.8) is 0 Å². The molecule has 11 heteroatoms. The van der Waals surface area contributed by atoms with E-state index in [0.29, 0.717) is 35.6 Å². The van der Waals surface area contributed by atoms with Gasteiger partial charge in [-0.1, -0.05) is 12.1 Å². The number of rotatable bonds is 6. The highest BCUT2D eigenvalue weighted by atomic mass is 19.3. The molecule has 1 amide bonds. The van der Waals surface area contributed by atoms with Gasteiger partial charge in [0.25, 0.3) is 5.92 Å². The average Bonchev–Trinajstić information content (AvgIpc) is 3.16. The van der Waals surface area contributed by atoms with E-state index in [1.165, 1.54) is 28.9 Å². The first-order chi connectivity index (χ1) is 17.0. The van der Waals surface area contributed by atoms with Crippen LogP contribution in [0.4, 0.5) is 22.0 Å². The van der Waals surface area contributed by atoms with Gasteiger partial charge < -0.3 is 10.1 Å². The van der Waals surface area contributed by atoms with E-state index in [9.17, 15) is 26.7 Å². The Morgan fingerprint density at radius 2 is 2.00 bits per heavy atom. The number of amides is 1. The normalized spacial score (nSPS) is 19.9. The van der Waals surface area contributed by atoms with E-state index in [1.54, 1.807) is 19.1 Å². The number of ether oxygens (including phenoxy) is 1. The summed E-state index contributed by atoms with van der Waals surface area (Å²) in [6.07, 6.45) is 1.40. The molecule has 3 aromatic rings. The topological polar surface area (TPSA) is 69.0 Å². The van der Waals surface area contributed by atoms with Gasteiger partial charge in [0, 0.05) is 41.8 Å². The van der Waals surface area contributed by atoms with Crippen LogP contribution in [0, 0.1) is 11.7 Å². The molecule has 0 unspecified atom stereocenters. The Morgan fingerprint density at radius 3 is 2.67 bits per heavy atom. The first kappa shape index (κ1) is 24.2. The quantitative estimate of drug-likeness (QED) is 0.474. The van der Waals surface area contributed by atoms with Gasteiger partial charge in [0.15, 0.2) is 5.82 Å². The third kappa shape index (κ3) is 4.78. The van der Waals surface area contributed by atoms with Gasteiger partial charge in [0.2, 0.25) is 5.91 Å². The minimum absolute atomic E-state index is 0.0238. The molecule has 0 aliphatic heterocycles.